The maximum atomic E-state index is 5.90. The van der Waals surface area contributed by atoms with Crippen LogP contribution in [0.5, 0.6) is 0 Å². The zero-order valence-corrected chi connectivity index (χ0v) is 13.1. The van der Waals surface area contributed by atoms with Gasteiger partial charge in [-0.3, -0.25) is 0 Å². The third kappa shape index (κ3) is 7.04. The molecule has 1 aromatic carbocycles. The second kappa shape index (κ2) is 10.8. The van der Waals surface area contributed by atoms with E-state index in [1.165, 1.54) is 24.8 Å². The van der Waals surface area contributed by atoms with Gasteiger partial charge in [-0.2, -0.15) is 0 Å². The van der Waals surface area contributed by atoms with Crippen LogP contribution in [0.25, 0.3) is 0 Å². The highest BCUT2D eigenvalue weighted by Crippen LogP contribution is 2.03. The molecule has 0 radical (unpaired) electrons. The Morgan fingerprint density at radius 1 is 1.00 bits per heavy atom. The lowest BCUT2D eigenvalue weighted by Gasteiger charge is -2.23. The fourth-order valence-corrected chi connectivity index (χ4v) is 2.42. The molecule has 4 N–H and O–H groups in total. The van der Waals surface area contributed by atoms with Gasteiger partial charge in [-0.25, -0.2) is 0 Å². The Balaban J connectivity index is 2.38. The van der Waals surface area contributed by atoms with Crippen LogP contribution in [0.4, 0.5) is 0 Å². The first-order valence-electron chi connectivity index (χ1n) is 8.00. The van der Waals surface area contributed by atoms with Crippen LogP contribution < -0.4 is 16.4 Å². The van der Waals surface area contributed by atoms with E-state index < -0.39 is 0 Å². The molecule has 3 heteroatoms. The minimum atomic E-state index is 0.361. The molecule has 0 unspecified atom stereocenters. The quantitative estimate of drug-likeness (QED) is 0.582. The Hall–Kier alpha value is -0.900. The third-order valence-electron chi connectivity index (χ3n) is 3.58. The van der Waals surface area contributed by atoms with Crippen LogP contribution in [0, 0.1) is 0 Å². The standard InChI is InChI=1S/C17H31N3/c1-3-8-16(19-11-4-2)14-20-17(13-18)12-15-9-6-5-7-10-15/h5-7,9-10,16-17,19-20H,3-4,8,11-14,18H2,1-2H3/t16-,17-/m0/s1. The van der Waals surface area contributed by atoms with Crippen LogP contribution >= 0.6 is 0 Å². The van der Waals surface area contributed by atoms with Gasteiger partial charge in [0.25, 0.3) is 0 Å². The smallest absolute Gasteiger partial charge is 0.0231 e. The summed E-state index contributed by atoms with van der Waals surface area (Å²) in [6.07, 6.45) is 4.62. The van der Waals surface area contributed by atoms with E-state index in [0.29, 0.717) is 18.6 Å². The zero-order chi connectivity index (χ0) is 14.6. The number of rotatable bonds is 11. The van der Waals surface area contributed by atoms with Crippen molar-refractivity contribution in [2.45, 2.75) is 51.6 Å². The first-order valence-corrected chi connectivity index (χ1v) is 8.00. The molecule has 3 nitrogen and oxygen atoms in total. The second-order valence-electron chi connectivity index (χ2n) is 5.47. The fraction of sp³-hybridized carbons (Fsp3) is 0.647. The van der Waals surface area contributed by atoms with Crippen molar-refractivity contribution in [2.24, 2.45) is 5.73 Å². The largest absolute Gasteiger partial charge is 0.329 e. The molecular weight excluding hydrogens is 246 g/mol. The van der Waals surface area contributed by atoms with Gasteiger partial charge in [-0.15, -0.1) is 0 Å². The van der Waals surface area contributed by atoms with Gasteiger partial charge in [-0.1, -0.05) is 50.6 Å². The highest BCUT2D eigenvalue weighted by atomic mass is 15.0. The average Bonchev–Trinajstić information content (AvgIpc) is 2.49. The van der Waals surface area contributed by atoms with Gasteiger partial charge >= 0.3 is 0 Å². The molecule has 20 heavy (non-hydrogen) atoms. The van der Waals surface area contributed by atoms with Crippen molar-refractivity contribution in [3.05, 3.63) is 35.9 Å². The van der Waals surface area contributed by atoms with E-state index in [1.807, 2.05) is 0 Å². The van der Waals surface area contributed by atoms with Gasteiger partial charge in [0, 0.05) is 25.2 Å². The van der Waals surface area contributed by atoms with Crippen molar-refractivity contribution >= 4 is 0 Å². The lowest BCUT2D eigenvalue weighted by molar-refractivity contribution is 0.410. The van der Waals surface area contributed by atoms with Gasteiger partial charge in [0.1, 0.15) is 0 Å². The maximum Gasteiger partial charge on any atom is 0.0231 e. The average molecular weight is 277 g/mol. The Morgan fingerprint density at radius 3 is 2.35 bits per heavy atom. The summed E-state index contributed by atoms with van der Waals surface area (Å²) in [4.78, 5) is 0. The first-order chi connectivity index (χ1) is 9.80. The molecule has 0 spiro atoms. The van der Waals surface area contributed by atoms with Crippen LogP contribution in [0.3, 0.4) is 0 Å². The summed E-state index contributed by atoms with van der Waals surface area (Å²) in [6.45, 7) is 7.23. The molecule has 0 aliphatic carbocycles. The van der Waals surface area contributed by atoms with Gasteiger partial charge in [0.2, 0.25) is 0 Å². The fourth-order valence-electron chi connectivity index (χ4n) is 2.42. The second-order valence-corrected chi connectivity index (χ2v) is 5.47. The van der Waals surface area contributed by atoms with Gasteiger partial charge in [-0.05, 0) is 31.4 Å². The van der Waals surface area contributed by atoms with Gasteiger partial charge in [0.15, 0.2) is 0 Å². The van der Waals surface area contributed by atoms with E-state index in [4.69, 9.17) is 5.73 Å². The molecule has 0 aliphatic heterocycles. The van der Waals surface area contributed by atoms with Crippen LogP contribution in [0.15, 0.2) is 30.3 Å². The summed E-state index contributed by atoms with van der Waals surface area (Å²) < 4.78 is 0. The van der Waals surface area contributed by atoms with Crippen LogP contribution in [-0.2, 0) is 6.42 Å². The van der Waals surface area contributed by atoms with E-state index in [2.05, 4.69) is 54.8 Å². The molecule has 0 saturated heterocycles. The highest BCUT2D eigenvalue weighted by molar-refractivity contribution is 5.16. The van der Waals surface area contributed by atoms with Crippen molar-refractivity contribution in [2.75, 3.05) is 19.6 Å². The van der Waals surface area contributed by atoms with Gasteiger partial charge < -0.3 is 16.4 Å². The summed E-state index contributed by atoms with van der Waals surface area (Å²) >= 11 is 0. The number of nitrogens with one attached hydrogen (secondary N) is 2. The van der Waals surface area contributed by atoms with Crippen molar-refractivity contribution in [1.29, 1.82) is 0 Å². The molecule has 0 saturated carbocycles. The van der Waals surface area contributed by atoms with Crippen LogP contribution in [0.2, 0.25) is 0 Å². The van der Waals surface area contributed by atoms with E-state index >= 15 is 0 Å². The lowest BCUT2D eigenvalue weighted by Crippen LogP contribution is -2.46. The van der Waals surface area contributed by atoms with Gasteiger partial charge in [0.05, 0.1) is 0 Å². The SMILES string of the molecule is CCCN[C@@H](CCC)CN[C@H](CN)Cc1ccccc1. The summed E-state index contributed by atoms with van der Waals surface area (Å²) in [5, 5.41) is 7.23. The van der Waals surface area contributed by atoms with E-state index in [-0.39, 0.29) is 0 Å². The first kappa shape index (κ1) is 17.2. The number of hydrogen-bond donors (Lipinski definition) is 3. The normalized spacial score (nSPS) is 14.2. The summed E-state index contributed by atoms with van der Waals surface area (Å²) in [5.74, 6) is 0. The van der Waals surface area contributed by atoms with Crippen LogP contribution in [-0.4, -0.2) is 31.7 Å². The number of nitrogens with two attached hydrogens (primary N) is 1. The molecule has 0 fully saturated rings. The van der Waals surface area contributed by atoms with Crippen molar-refractivity contribution in [3.8, 4) is 0 Å². The van der Waals surface area contributed by atoms with Crippen molar-refractivity contribution in [3.63, 3.8) is 0 Å². The minimum Gasteiger partial charge on any atom is -0.329 e. The molecule has 0 aromatic heterocycles. The topological polar surface area (TPSA) is 50.1 Å². The van der Waals surface area contributed by atoms with E-state index in [1.54, 1.807) is 0 Å². The Morgan fingerprint density at radius 2 is 1.75 bits per heavy atom. The zero-order valence-electron chi connectivity index (χ0n) is 13.1. The van der Waals surface area contributed by atoms with Crippen molar-refractivity contribution < 1.29 is 0 Å². The molecule has 0 aliphatic rings. The Labute approximate surface area is 124 Å². The Kier molecular flexibility index (Phi) is 9.29. The number of hydrogen-bond acceptors (Lipinski definition) is 3. The molecule has 0 bridgehead atoms. The molecule has 114 valence electrons. The molecule has 2 atom stereocenters. The predicted octanol–water partition coefficient (Wildman–Crippen LogP) is 2.31. The number of benzene rings is 1. The highest BCUT2D eigenvalue weighted by Gasteiger charge is 2.11. The van der Waals surface area contributed by atoms with Crippen molar-refractivity contribution in [1.82, 2.24) is 10.6 Å². The molecular formula is C17H31N3. The molecule has 1 aromatic rings. The predicted molar refractivity (Wildman–Crippen MR) is 88.0 cm³/mol. The third-order valence-corrected chi connectivity index (χ3v) is 3.58. The van der Waals surface area contributed by atoms with E-state index in [0.717, 1.165) is 19.5 Å². The minimum absolute atomic E-state index is 0.361. The monoisotopic (exact) mass is 277 g/mol. The molecule has 1 rings (SSSR count). The van der Waals surface area contributed by atoms with Crippen LogP contribution in [0.1, 0.15) is 38.7 Å². The summed E-state index contributed by atoms with van der Waals surface area (Å²) in [5.41, 5.74) is 7.25. The molecule has 0 amide bonds. The Bertz CT molecular complexity index is 326. The maximum absolute atomic E-state index is 5.90. The summed E-state index contributed by atoms with van der Waals surface area (Å²) in [6, 6.07) is 11.5. The van der Waals surface area contributed by atoms with E-state index in [9.17, 15) is 0 Å². The molecule has 0 heterocycles. The lowest BCUT2D eigenvalue weighted by atomic mass is 10.1. The summed E-state index contributed by atoms with van der Waals surface area (Å²) in [7, 11) is 0.